The van der Waals surface area contributed by atoms with Crippen LogP contribution in [0.15, 0.2) is 29.2 Å². The maximum absolute atomic E-state index is 12.1. The minimum absolute atomic E-state index is 0.207. The molecule has 0 saturated heterocycles. The third kappa shape index (κ3) is 5.15. The molecule has 7 heteroatoms. The van der Waals surface area contributed by atoms with Crippen molar-refractivity contribution >= 4 is 34.3 Å². The van der Waals surface area contributed by atoms with Crippen molar-refractivity contribution in [2.75, 3.05) is 11.1 Å². The quantitative estimate of drug-likeness (QED) is 0.556. The summed E-state index contributed by atoms with van der Waals surface area (Å²) in [6.45, 7) is 4.03. The smallest absolute Gasteiger partial charge is 0.294 e. The molecule has 0 aliphatic carbocycles. The van der Waals surface area contributed by atoms with E-state index < -0.39 is 10.1 Å². The monoisotopic (exact) mass is 317 g/mol. The predicted octanol–water partition coefficient (Wildman–Crippen LogP) is 2.46. The highest BCUT2D eigenvalue weighted by molar-refractivity contribution is 7.85. The van der Waals surface area contributed by atoms with Gasteiger partial charge in [-0.05, 0) is 30.5 Å². The topological polar surface area (TPSA) is 83.5 Å². The number of hydrogen-bond acceptors (Lipinski definition) is 4. The van der Waals surface area contributed by atoms with Crippen molar-refractivity contribution in [1.29, 1.82) is 0 Å². The first-order chi connectivity index (χ1) is 9.24. The molecule has 0 bridgehead atoms. The molecule has 0 heterocycles. The molecule has 1 atom stereocenters. The second-order valence-electron chi connectivity index (χ2n) is 5.00. The highest BCUT2D eigenvalue weighted by atomic mass is 32.2. The number of benzene rings is 1. The fraction of sp³-hybridized carbons (Fsp3) is 0.462. The van der Waals surface area contributed by atoms with Crippen LogP contribution in [0.3, 0.4) is 0 Å². The lowest BCUT2D eigenvalue weighted by Crippen LogP contribution is -2.25. The third-order valence-electron chi connectivity index (χ3n) is 2.75. The Kier molecular flexibility index (Phi) is 6.04. The van der Waals surface area contributed by atoms with E-state index >= 15 is 0 Å². The number of amides is 1. The van der Waals surface area contributed by atoms with Crippen LogP contribution in [0, 0.1) is 11.8 Å². The van der Waals surface area contributed by atoms with Crippen LogP contribution in [-0.4, -0.2) is 24.6 Å². The van der Waals surface area contributed by atoms with Gasteiger partial charge in [0.25, 0.3) is 10.1 Å². The van der Waals surface area contributed by atoms with E-state index in [4.69, 9.17) is 4.55 Å². The molecule has 20 heavy (non-hydrogen) atoms. The lowest BCUT2D eigenvalue weighted by atomic mass is 9.98. The molecule has 1 aromatic rings. The third-order valence-corrected chi connectivity index (χ3v) is 4.04. The Morgan fingerprint density at radius 2 is 2.05 bits per heavy atom. The number of rotatable bonds is 6. The molecule has 0 aliphatic rings. The molecule has 5 nitrogen and oxygen atoms in total. The van der Waals surface area contributed by atoms with Gasteiger partial charge in [0.15, 0.2) is 0 Å². The molecule has 2 N–H and O–H groups in total. The molecular weight excluding hydrogens is 298 g/mol. The summed E-state index contributed by atoms with van der Waals surface area (Å²) in [6, 6.07) is 5.50. The summed E-state index contributed by atoms with van der Waals surface area (Å²) in [7, 11) is -4.27. The Labute approximate surface area is 124 Å². The normalized spacial score (nSPS) is 13.2. The fourth-order valence-electron chi connectivity index (χ4n) is 1.81. The molecule has 1 aromatic carbocycles. The average Bonchev–Trinajstić information content (AvgIpc) is 2.34. The predicted molar refractivity (Wildman–Crippen MR) is 81.7 cm³/mol. The maximum Gasteiger partial charge on any atom is 0.294 e. The van der Waals surface area contributed by atoms with Gasteiger partial charge in [0.05, 0.1) is 4.90 Å². The molecule has 0 spiro atoms. The zero-order chi connectivity index (χ0) is 15.3. The van der Waals surface area contributed by atoms with E-state index in [1.54, 1.807) is 6.07 Å². The Hall–Kier alpha value is -1.05. The van der Waals surface area contributed by atoms with Crippen molar-refractivity contribution in [1.82, 2.24) is 0 Å². The van der Waals surface area contributed by atoms with Crippen LogP contribution in [0.4, 0.5) is 5.69 Å². The van der Waals surface area contributed by atoms with Crippen LogP contribution >= 0.6 is 12.6 Å². The van der Waals surface area contributed by atoms with E-state index in [1.165, 1.54) is 18.2 Å². The zero-order valence-electron chi connectivity index (χ0n) is 11.4. The van der Waals surface area contributed by atoms with Gasteiger partial charge >= 0.3 is 0 Å². The summed E-state index contributed by atoms with van der Waals surface area (Å²) in [5.41, 5.74) is 0.334. The summed E-state index contributed by atoms with van der Waals surface area (Å²) in [6.07, 6.45) is 0.702. The second-order valence-corrected chi connectivity index (χ2v) is 6.79. The molecule has 0 radical (unpaired) electrons. The number of anilines is 1. The molecule has 1 rings (SSSR count). The molecule has 0 saturated carbocycles. The number of hydrogen-bond donors (Lipinski definition) is 3. The van der Waals surface area contributed by atoms with Gasteiger partial charge in [-0.15, -0.1) is 0 Å². The van der Waals surface area contributed by atoms with Crippen LogP contribution in [0.1, 0.15) is 20.3 Å². The van der Waals surface area contributed by atoms with Crippen molar-refractivity contribution in [2.24, 2.45) is 11.8 Å². The molecular formula is C13H19NO4S2. The summed E-state index contributed by atoms with van der Waals surface area (Å²) >= 11 is 4.17. The van der Waals surface area contributed by atoms with E-state index in [9.17, 15) is 13.2 Å². The highest BCUT2D eigenvalue weighted by Crippen LogP contribution is 2.19. The standard InChI is InChI=1S/C13H19NO4S2/c1-9(2)6-10(8-19)13(15)14-11-4-3-5-12(7-11)20(16,17)18/h3-5,7,9-10,19H,6,8H2,1-2H3,(H,14,15)(H,16,17,18). The van der Waals surface area contributed by atoms with Crippen molar-refractivity contribution < 1.29 is 17.8 Å². The lowest BCUT2D eigenvalue weighted by Gasteiger charge is -2.16. The van der Waals surface area contributed by atoms with Gasteiger partial charge in [-0.1, -0.05) is 19.9 Å². The van der Waals surface area contributed by atoms with Crippen LogP contribution in [0.2, 0.25) is 0 Å². The molecule has 0 aliphatic heterocycles. The summed E-state index contributed by atoms with van der Waals surface area (Å²) in [5, 5.41) is 2.65. The maximum atomic E-state index is 12.1. The summed E-state index contributed by atoms with van der Waals surface area (Å²) in [4.78, 5) is 11.8. The second kappa shape index (κ2) is 7.10. The van der Waals surface area contributed by atoms with E-state index in [0.717, 1.165) is 0 Å². The lowest BCUT2D eigenvalue weighted by molar-refractivity contribution is -0.119. The molecule has 1 amide bonds. The largest absolute Gasteiger partial charge is 0.326 e. The first-order valence-corrected chi connectivity index (χ1v) is 8.30. The summed E-state index contributed by atoms with van der Waals surface area (Å²) < 4.78 is 31.0. The Bertz CT molecular complexity index is 569. The minimum Gasteiger partial charge on any atom is -0.326 e. The van der Waals surface area contributed by atoms with E-state index in [2.05, 4.69) is 17.9 Å². The van der Waals surface area contributed by atoms with Crippen LogP contribution in [-0.2, 0) is 14.9 Å². The zero-order valence-corrected chi connectivity index (χ0v) is 13.1. The van der Waals surface area contributed by atoms with Gasteiger partial charge < -0.3 is 5.32 Å². The SMILES string of the molecule is CC(C)CC(CS)C(=O)Nc1cccc(S(=O)(=O)O)c1. The van der Waals surface area contributed by atoms with Gasteiger partial charge in [0, 0.05) is 17.4 Å². The summed E-state index contributed by atoms with van der Waals surface area (Å²) in [5.74, 6) is 0.332. The number of nitrogens with one attached hydrogen (secondary N) is 1. The molecule has 0 fully saturated rings. The van der Waals surface area contributed by atoms with Crippen molar-refractivity contribution in [3.63, 3.8) is 0 Å². The highest BCUT2D eigenvalue weighted by Gasteiger charge is 2.19. The van der Waals surface area contributed by atoms with E-state index in [0.29, 0.717) is 23.8 Å². The Morgan fingerprint density at radius 1 is 1.40 bits per heavy atom. The average molecular weight is 317 g/mol. The first kappa shape index (κ1) is 17.0. The molecule has 0 aromatic heterocycles. The van der Waals surface area contributed by atoms with Gasteiger partial charge in [0.1, 0.15) is 0 Å². The number of thiol groups is 1. The van der Waals surface area contributed by atoms with E-state index in [1.807, 2.05) is 13.8 Å². The van der Waals surface area contributed by atoms with Crippen LogP contribution in [0.5, 0.6) is 0 Å². The van der Waals surface area contributed by atoms with Crippen molar-refractivity contribution in [2.45, 2.75) is 25.2 Å². The van der Waals surface area contributed by atoms with E-state index in [-0.39, 0.29) is 16.7 Å². The number of carbonyl (C=O) groups excluding carboxylic acids is 1. The van der Waals surface area contributed by atoms with Crippen LogP contribution < -0.4 is 5.32 Å². The minimum atomic E-state index is -4.27. The van der Waals surface area contributed by atoms with Gasteiger partial charge in [0.2, 0.25) is 5.91 Å². The van der Waals surface area contributed by atoms with Crippen molar-refractivity contribution in [3.05, 3.63) is 24.3 Å². The van der Waals surface area contributed by atoms with Crippen molar-refractivity contribution in [3.8, 4) is 0 Å². The molecule has 112 valence electrons. The first-order valence-electron chi connectivity index (χ1n) is 6.23. The fourth-order valence-corrected chi connectivity index (χ4v) is 2.65. The van der Waals surface area contributed by atoms with Gasteiger partial charge in [-0.3, -0.25) is 9.35 Å². The Morgan fingerprint density at radius 3 is 2.55 bits per heavy atom. The van der Waals surface area contributed by atoms with Gasteiger partial charge in [-0.2, -0.15) is 21.0 Å². The Balaban J connectivity index is 2.85. The van der Waals surface area contributed by atoms with Gasteiger partial charge in [-0.25, -0.2) is 0 Å². The van der Waals surface area contributed by atoms with Crippen LogP contribution in [0.25, 0.3) is 0 Å². The number of carbonyl (C=O) groups is 1. The molecule has 1 unspecified atom stereocenters.